The molecule has 3 N–H and O–H groups in total. The summed E-state index contributed by atoms with van der Waals surface area (Å²) in [7, 11) is 11.4. The summed E-state index contributed by atoms with van der Waals surface area (Å²) in [4.78, 5) is 20.2. The van der Waals surface area contributed by atoms with Crippen LogP contribution in [0, 0.1) is 0 Å². The Balaban J connectivity index is 0. The van der Waals surface area contributed by atoms with E-state index in [1.54, 1.807) is 0 Å². The summed E-state index contributed by atoms with van der Waals surface area (Å²) < 4.78 is 1.15. The minimum Gasteiger partial charge on any atom is -0.479 e. The molecule has 0 bridgehead atoms. The quantitative estimate of drug-likeness (QED) is 0.560. The van der Waals surface area contributed by atoms with E-state index in [1.165, 1.54) is 0 Å². The fourth-order valence-electron chi connectivity index (χ4n) is 1.04. The number of aliphatic hydroxyl groups excluding tert-OH is 1. The molecule has 0 heterocycles. The van der Waals surface area contributed by atoms with Crippen LogP contribution in [0.1, 0.15) is 6.42 Å². The molecule has 0 unspecified atom stereocenters. The molecule has 0 aliphatic rings. The van der Waals surface area contributed by atoms with Gasteiger partial charge in [-0.15, -0.1) is 0 Å². The van der Waals surface area contributed by atoms with Crippen molar-refractivity contribution in [2.75, 3.05) is 55.4 Å². The van der Waals surface area contributed by atoms with Crippen molar-refractivity contribution in [2.24, 2.45) is 0 Å². The Kier molecular flexibility index (Phi) is 8.57. The first-order valence-electron chi connectivity index (χ1n) is 5.98. The van der Waals surface area contributed by atoms with E-state index in [2.05, 4.69) is 0 Å². The van der Waals surface area contributed by atoms with E-state index >= 15 is 0 Å². The molecule has 0 radical (unpaired) electrons. The van der Waals surface area contributed by atoms with Gasteiger partial charge in [-0.2, -0.15) is 0 Å². The van der Waals surface area contributed by atoms with Crippen molar-refractivity contribution in [1.82, 2.24) is 0 Å². The minimum atomic E-state index is -1.22. The summed E-state index contributed by atoms with van der Waals surface area (Å²) in [5.74, 6) is -1.89. The van der Waals surface area contributed by atoms with Gasteiger partial charge in [0.25, 0.3) is 0 Å². The maximum atomic E-state index is 10.2. The molecule has 19 heavy (non-hydrogen) atoms. The average molecular weight is 280 g/mol. The van der Waals surface area contributed by atoms with Crippen molar-refractivity contribution in [3.05, 3.63) is 0 Å². The Bertz CT molecular complexity index is 291. The van der Waals surface area contributed by atoms with Crippen molar-refractivity contribution in [1.29, 1.82) is 0 Å². The number of aliphatic hydroxyl groups is 1. The number of hydrogen-bond acceptors (Lipinski definition) is 3. The third kappa shape index (κ3) is 19.3. The van der Waals surface area contributed by atoms with Crippen LogP contribution in [0.4, 0.5) is 0 Å². The number of aliphatic carboxylic acids is 2. The highest BCUT2D eigenvalue weighted by Gasteiger charge is 2.17. The maximum absolute atomic E-state index is 10.2. The highest BCUT2D eigenvalue weighted by atomic mass is 16.4. The molecule has 0 aromatic carbocycles. The van der Waals surface area contributed by atoms with E-state index in [0.717, 1.165) is 0 Å². The topological polar surface area (TPSA) is 94.8 Å². The van der Waals surface area contributed by atoms with Crippen LogP contribution in [0.3, 0.4) is 0 Å². The lowest BCUT2D eigenvalue weighted by molar-refractivity contribution is -0.870. The summed E-state index contributed by atoms with van der Waals surface area (Å²) in [5, 5.41) is 25.4. The van der Waals surface area contributed by atoms with Gasteiger partial charge in [-0.3, -0.25) is 0 Å². The number of likely N-dealkylation sites (N-methyl/N-ethyl adjacent to an activating group) is 1. The molecule has 0 aliphatic heterocycles. The van der Waals surface area contributed by atoms with Crippen molar-refractivity contribution >= 4 is 11.9 Å². The van der Waals surface area contributed by atoms with Crippen LogP contribution in [0.5, 0.6) is 0 Å². The molecule has 0 aliphatic carbocycles. The summed E-state index contributed by atoms with van der Waals surface area (Å²) in [6.45, 7) is 0.841. The largest absolute Gasteiger partial charge is 0.479 e. The maximum Gasteiger partial charge on any atom is 0.359 e. The number of carboxylic acid groups (broad SMARTS) is 2. The average Bonchev–Trinajstić information content (AvgIpc) is 2.09. The van der Waals surface area contributed by atoms with Crippen LogP contribution in [0.2, 0.25) is 0 Å². The van der Waals surface area contributed by atoms with Gasteiger partial charge in [0.2, 0.25) is 0 Å². The second-order valence-electron chi connectivity index (χ2n) is 6.50. The normalized spacial score (nSPS) is 13.2. The Morgan fingerprint density at radius 3 is 1.53 bits per heavy atom. The first kappa shape index (κ1) is 20.1. The van der Waals surface area contributed by atoms with Crippen LogP contribution in [-0.2, 0) is 9.59 Å². The minimum absolute atomic E-state index is 0.181. The van der Waals surface area contributed by atoms with Crippen LogP contribution >= 0.6 is 0 Å². The van der Waals surface area contributed by atoms with Crippen LogP contribution in [0.25, 0.3) is 0 Å². The number of carbonyl (C=O) groups is 2. The first-order valence-corrected chi connectivity index (χ1v) is 5.98. The highest BCUT2D eigenvalue weighted by Crippen LogP contribution is 1.98. The van der Waals surface area contributed by atoms with E-state index < -0.39 is 18.0 Å². The van der Waals surface area contributed by atoms with E-state index in [-0.39, 0.29) is 6.54 Å². The van der Waals surface area contributed by atoms with Crippen molar-refractivity contribution < 1.29 is 33.9 Å². The van der Waals surface area contributed by atoms with Gasteiger partial charge >= 0.3 is 11.9 Å². The van der Waals surface area contributed by atoms with Crippen molar-refractivity contribution in [2.45, 2.75) is 12.5 Å². The van der Waals surface area contributed by atoms with E-state index in [1.807, 2.05) is 42.3 Å². The van der Waals surface area contributed by atoms with Gasteiger partial charge in [-0.1, -0.05) is 0 Å². The van der Waals surface area contributed by atoms with E-state index in [0.29, 0.717) is 21.9 Å². The summed E-state index contributed by atoms with van der Waals surface area (Å²) in [5.41, 5.74) is 0. The third-order valence-electron chi connectivity index (χ3n) is 1.97. The first-order chi connectivity index (χ1) is 8.24. The second-order valence-corrected chi connectivity index (χ2v) is 6.50. The third-order valence-corrected chi connectivity index (χ3v) is 1.97. The molecular weight excluding hydrogens is 252 g/mol. The smallest absolute Gasteiger partial charge is 0.359 e. The standard InChI is InChI=1S/C7H15NO3.C5H11NO2/c1-8(2,3)5-4-6(9)7(10)11;1-6(2,3)4-5(7)8/h6,9H,4-5H2,1-3H3;4H2,1-3H3/p+2/t6-;/m1./s1. The van der Waals surface area contributed by atoms with Crippen LogP contribution < -0.4 is 0 Å². The van der Waals surface area contributed by atoms with E-state index in [9.17, 15) is 9.59 Å². The summed E-state index contributed by atoms with van der Waals surface area (Å²) >= 11 is 0. The molecule has 0 saturated heterocycles. The Morgan fingerprint density at radius 1 is 0.947 bits per heavy atom. The number of carboxylic acids is 2. The number of quaternary nitrogens is 2. The van der Waals surface area contributed by atoms with E-state index in [4.69, 9.17) is 15.3 Å². The Labute approximate surface area is 114 Å². The van der Waals surface area contributed by atoms with Gasteiger partial charge in [0.05, 0.1) is 48.8 Å². The molecule has 7 nitrogen and oxygen atoms in total. The lowest BCUT2D eigenvalue weighted by atomic mass is 10.2. The molecule has 0 rings (SSSR count). The zero-order valence-corrected chi connectivity index (χ0v) is 12.8. The zero-order valence-electron chi connectivity index (χ0n) is 12.8. The SMILES string of the molecule is C[N+](C)(C)CC(=O)O.C[N+](C)(C)CC[C@@H](O)C(=O)O. The fraction of sp³-hybridized carbons (Fsp3) is 0.833. The zero-order chi connectivity index (χ0) is 15.9. The fourth-order valence-corrected chi connectivity index (χ4v) is 1.04. The molecule has 0 aromatic rings. The number of rotatable bonds is 6. The molecule has 0 spiro atoms. The summed E-state index contributed by atoms with van der Waals surface area (Å²) in [6.07, 6.45) is -0.911. The van der Waals surface area contributed by atoms with Crippen molar-refractivity contribution in [3.63, 3.8) is 0 Å². The molecular formula is C12H28N2O5+2. The predicted octanol–water partition coefficient (Wildman–Crippen LogP) is -0.695. The van der Waals surface area contributed by atoms with Crippen molar-refractivity contribution in [3.8, 4) is 0 Å². The lowest BCUT2D eigenvalue weighted by Gasteiger charge is -2.24. The molecule has 114 valence electrons. The Hall–Kier alpha value is -1.18. The number of hydrogen-bond donors (Lipinski definition) is 3. The van der Waals surface area contributed by atoms with Gasteiger partial charge < -0.3 is 24.3 Å². The number of nitrogens with zero attached hydrogens (tertiary/aromatic N) is 2. The van der Waals surface area contributed by atoms with Crippen LogP contribution in [-0.4, -0.2) is 97.7 Å². The molecule has 0 saturated carbocycles. The summed E-state index contributed by atoms with van der Waals surface area (Å²) in [6, 6.07) is 0. The van der Waals surface area contributed by atoms with Gasteiger partial charge in [0.15, 0.2) is 12.6 Å². The Morgan fingerprint density at radius 2 is 1.37 bits per heavy atom. The van der Waals surface area contributed by atoms with Crippen LogP contribution in [0.15, 0.2) is 0 Å². The van der Waals surface area contributed by atoms with Gasteiger partial charge in [-0.05, 0) is 0 Å². The molecule has 0 fully saturated rings. The lowest BCUT2D eigenvalue weighted by Crippen LogP contribution is -2.39. The highest BCUT2D eigenvalue weighted by molar-refractivity contribution is 5.71. The van der Waals surface area contributed by atoms with Gasteiger partial charge in [0.1, 0.15) is 0 Å². The molecule has 0 amide bonds. The predicted molar refractivity (Wildman–Crippen MR) is 71.7 cm³/mol. The molecule has 0 aromatic heterocycles. The van der Waals surface area contributed by atoms with Gasteiger partial charge in [-0.25, -0.2) is 9.59 Å². The monoisotopic (exact) mass is 280 g/mol. The molecule has 1 atom stereocenters. The van der Waals surface area contributed by atoms with Gasteiger partial charge in [0, 0.05) is 6.42 Å². The molecule has 7 heteroatoms. The second kappa shape index (κ2) is 8.08.